The molecule has 2 rings (SSSR count). The summed E-state index contributed by atoms with van der Waals surface area (Å²) in [6.07, 6.45) is 5.67. The van der Waals surface area contributed by atoms with E-state index in [1.807, 2.05) is 36.3 Å². The van der Waals surface area contributed by atoms with Crippen LogP contribution >= 0.6 is 0 Å². The zero-order valence-corrected chi connectivity index (χ0v) is 9.21. The number of carboxylic acid groups (broad SMARTS) is 1. The second-order valence-electron chi connectivity index (χ2n) is 3.79. The lowest BCUT2D eigenvalue weighted by Crippen LogP contribution is -2.05. The number of imidazole rings is 1. The van der Waals surface area contributed by atoms with Gasteiger partial charge >= 0.3 is 5.97 Å². The molecule has 2 aromatic rings. The average molecular weight is 219 g/mol. The fraction of sp³-hybridized carbons (Fsp3) is 0.273. The first kappa shape index (κ1) is 10.5. The molecular formula is C11H13N3O2. The van der Waals surface area contributed by atoms with Crippen LogP contribution in [0.1, 0.15) is 5.82 Å². The van der Waals surface area contributed by atoms with Crippen molar-refractivity contribution in [2.75, 3.05) is 0 Å². The fourth-order valence-electron chi connectivity index (χ4n) is 1.60. The highest BCUT2D eigenvalue weighted by molar-refractivity contribution is 5.69. The molecule has 0 aliphatic carbocycles. The van der Waals surface area contributed by atoms with Gasteiger partial charge in [-0.2, -0.15) is 0 Å². The maximum absolute atomic E-state index is 10.6. The Morgan fingerprint density at radius 2 is 2.19 bits per heavy atom. The zero-order chi connectivity index (χ0) is 11.7. The van der Waals surface area contributed by atoms with Gasteiger partial charge in [-0.05, 0) is 6.07 Å². The SMILES string of the molecule is Cn1ccc(-c2cn(C)c(CC(=O)O)n2)c1. The van der Waals surface area contributed by atoms with Crippen molar-refractivity contribution in [1.29, 1.82) is 0 Å². The third-order valence-corrected chi connectivity index (χ3v) is 2.41. The van der Waals surface area contributed by atoms with Crippen LogP contribution in [0.5, 0.6) is 0 Å². The van der Waals surface area contributed by atoms with Crippen LogP contribution in [0.3, 0.4) is 0 Å². The Kier molecular flexibility index (Phi) is 2.52. The van der Waals surface area contributed by atoms with E-state index in [0.29, 0.717) is 5.82 Å². The van der Waals surface area contributed by atoms with Crippen molar-refractivity contribution in [1.82, 2.24) is 14.1 Å². The van der Waals surface area contributed by atoms with E-state index < -0.39 is 5.97 Å². The topological polar surface area (TPSA) is 60.0 Å². The van der Waals surface area contributed by atoms with Gasteiger partial charge in [-0.25, -0.2) is 4.98 Å². The highest BCUT2D eigenvalue weighted by atomic mass is 16.4. The van der Waals surface area contributed by atoms with Crippen LogP contribution in [0.15, 0.2) is 24.7 Å². The molecule has 0 aliphatic heterocycles. The second kappa shape index (κ2) is 3.84. The van der Waals surface area contributed by atoms with Crippen molar-refractivity contribution < 1.29 is 9.90 Å². The number of hydrogen-bond acceptors (Lipinski definition) is 2. The number of carbonyl (C=O) groups is 1. The Balaban J connectivity index is 2.33. The van der Waals surface area contributed by atoms with Crippen molar-refractivity contribution in [2.24, 2.45) is 14.1 Å². The summed E-state index contributed by atoms with van der Waals surface area (Å²) in [7, 11) is 3.74. The van der Waals surface area contributed by atoms with Crippen molar-refractivity contribution in [3.8, 4) is 11.3 Å². The van der Waals surface area contributed by atoms with E-state index in [-0.39, 0.29) is 6.42 Å². The molecule has 2 aromatic heterocycles. The summed E-state index contributed by atoms with van der Waals surface area (Å²) in [4.78, 5) is 14.9. The molecule has 0 unspecified atom stereocenters. The van der Waals surface area contributed by atoms with Gasteiger partial charge in [0.2, 0.25) is 0 Å². The maximum atomic E-state index is 10.6. The Labute approximate surface area is 93.0 Å². The van der Waals surface area contributed by atoms with E-state index in [9.17, 15) is 4.79 Å². The number of carboxylic acids is 1. The molecule has 84 valence electrons. The van der Waals surface area contributed by atoms with Crippen molar-refractivity contribution in [3.63, 3.8) is 0 Å². The van der Waals surface area contributed by atoms with E-state index in [1.54, 1.807) is 11.6 Å². The summed E-state index contributed by atoms with van der Waals surface area (Å²) in [6, 6.07) is 1.95. The van der Waals surface area contributed by atoms with E-state index in [4.69, 9.17) is 5.11 Å². The zero-order valence-electron chi connectivity index (χ0n) is 9.21. The minimum absolute atomic E-state index is 0.0522. The number of aryl methyl sites for hydroxylation is 2. The van der Waals surface area contributed by atoms with Gasteiger partial charge in [0.15, 0.2) is 0 Å². The first-order valence-corrected chi connectivity index (χ1v) is 4.92. The Morgan fingerprint density at radius 1 is 1.44 bits per heavy atom. The highest BCUT2D eigenvalue weighted by Crippen LogP contribution is 2.18. The molecule has 5 heteroatoms. The average Bonchev–Trinajstić information content (AvgIpc) is 2.74. The molecule has 0 fully saturated rings. The molecule has 16 heavy (non-hydrogen) atoms. The molecule has 2 heterocycles. The smallest absolute Gasteiger partial charge is 0.311 e. The van der Waals surface area contributed by atoms with Crippen molar-refractivity contribution in [3.05, 3.63) is 30.5 Å². The predicted octanol–water partition coefficient (Wildman–Crippen LogP) is 1.05. The van der Waals surface area contributed by atoms with Crippen LogP contribution < -0.4 is 0 Å². The first-order chi connectivity index (χ1) is 7.56. The Bertz CT molecular complexity index is 525. The molecular weight excluding hydrogens is 206 g/mol. The van der Waals surface area contributed by atoms with Crippen LogP contribution in [-0.4, -0.2) is 25.2 Å². The molecule has 0 spiro atoms. The fourth-order valence-corrected chi connectivity index (χ4v) is 1.60. The quantitative estimate of drug-likeness (QED) is 0.839. The van der Waals surface area contributed by atoms with Gasteiger partial charge in [-0.3, -0.25) is 4.79 Å². The van der Waals surface area contributed by atoms with Crippen LogP contribution in [0.4, 0.5) is 0 Å². The van der Waals surface area contributed by atoms with E-state index >= 15 is 0 Å². The standard InChI is InChI=1S/C11H13N3O2/c1-13-4-3-8(6-13)9-7-14(2)10(12-9)5-11(15)16/h3-4,6-7H,5H2,1-2H3,(H,15,16). The molecule has 5 nitrogen and oxygen atoms in total. The lowest BCUT2D eigenvalue weighted by Gasteiger charge is -1.94. The second-order valence-corrected chi connectivity index (χ2v) is 3.79. The molecule has 0 atom stereocenters. The lowest BCUT2D eigenvalue weighted by atomic mass is 10.3. The molecule has 0 aromatic carbocycles. The van der Waals surface area contributed by atoms with Crippen LogP contribution in [0.25, 0.3) is 11.3 Å². The summed E-state index contributed by atoms with van der Waals surface area (Å²) in [5, 5.41) is 8.72. The number of aromatic nitrogens is 3. The highest BCUT2D eigenvalue weighted by Gasteiger charge is 2.10. The van der Waals surface area contributed by atoms with Crippen molar-refractivity contribution in [2.45, 2.75) is 6.42 Å². The van der Waals surface area contributed by atoms with Gasteiger partial charge in [0, 0.05) is 38.2 Å². The molecule has 0 aliphatic rings. The van der Waals surface area contributed by atoms with E-state index in [0.717, 1.165) is 11.3 Å². The number of hydrogen-bond donors (Lipinski definition) is 1. The molecule has 0 saturated heterocycles. The van der Waals surface area contributed by atoms with E-state index in [2.05, 4.69) is 4.98 Å². The maximum Gasteiger partial charge on any atom is 0.311 e. The molecule has 0 bridgehead atoms. The number of nitrogens with zero attached hydrogens (tertiary/aromatic N) is 3. The number of rotatable bonds is 3. The van der Waals surface area contributed by atoms with Gasteiger partial charge in [0.05, 0.1) is 5.69 Å². The van der Waals surface area contributed by atoms with Gasteiger partial charge in [0.25, 0.3) is 0 Å². The first-order valence-electron chi connectivity index (χ1n) is 4.92. The summed E-state index contributed by atoms with van der Waals surface area (Å²) in [6.45, 7) is 0. The van der Waals surface area contributed by atoms with Crippen molar-refractivity contribution >= 4 is 5.97 Å². The van der Waals surface area contributed by atoms with Gasteiger partial charge in [-0.15, -0.1) is 0 Å². The monoisotopic (exact) mass is 219 g/mol. The summed E-state index contributed by atoms with van der Waals surface area (Å²) in [5.41, 5.74) is 1.80. The summed E-state index contributed by atoms with van der Waals surface area (Å²) < 4.78 is 3.68. The third kappa shape index (κ3) is 1.98. The lowest BCUT2D eigenvalue weighted by molar-refractivity contribution is -0.136. The molecule has 0 saturated carbocycles. The van der Waals surface area contributed by atoms with E-state index in [1.165, 1.54) is 0 Å². The van der Waals surface area contributed by atoms with Gasteiger partial charge in [0.1, 0.15) is 12.2 Å². The summed E-state index contributed by atoms with van der Waals surface area (Å²) in [5.74, 6) is -0.306. The Morgan fingerprint density at radius 3 is 2.75 bits per heavy atom. The normalized spacial score (nSPS) is 10.6. The third-order valence-electron chi connectivity index (χ3n) is 2.41. The largest absolute Gasteiger partial charge is 0.481 e. The minimum Gasteiger partial charge on any atom is -0.481 e. The predicted molar refractivity (Wildman–Crippen MR) is 59.0 cm³/mol. The van der Waals surface area contributed by atoms with Gasteiger partial charge in [-0.1, -0.05) is 0 Å². The minimum atomic E-state index is -0.867. The van der Waals surface area contributed by atoms with Gasteiger partial charge < -0.3 is 14.2 Å². The summed E-state index contributed by atoms with van der Waals surface area (Å²) >= 11 is 0. The number of aliphatic carboxylic acids is 1. The van der Waals surface area contributed by atoms with Crippen LogP contribution in [0.2, 0.25) is 0 Å². The molecule has 0 radical (unpaired) electrons. The molecule has 1 N–H and O–H groups in total. The van der Waals surface area contributed by atoms with Crippen LogP contribution in [0, 0.1) is 0 Å². The van der Waals surface area contributed by atoms with Crippen LogP contribution in [-0.2, 0) is 25.3 Å². The Hall–Kier alpha value is -2.04. The molecule has 0 amide bonds.